The topological polar surface area (TPSA) is 64.7 Å². The quantitative estimate of drug-likeness (QED) is 0.183. The van der Waals surface area contributed by atoms with Gasteiger partial charge in [-0.25, -0.2) is 19.9 Å². The van der Waals surface area contributed by atoms with Crippen LogP contribution in [0.2, 0.25) is 0 Å². The minimum atomic E-state index is -0.239. The van der Waals surface area contributed by atoms with E-state index in [2.05, 4.69) is 98.8 Å². The molecule has 9 aromatic rings. The molecule has 0 atom stereocenters. The molecule has 5 nitrogen and oxygen atoms in total. The first-order valence-corrected chi connectivity index (χ1v) is 17.6. The van der Waals surface area contributed by atoms with Gasteiger partial charge in [-0.3, -0.25) is 0 Å². The summed E-state index contributed by atoms with van der Waals surface area (Å²) >= 11 is 0. The molecular formula is C47H32N4O. The minimum Gasteiger partial charge on any atom is -0.454 e. The molecule has 0 amide bonds. The van der Waals surface area contributed by atoms with Crippen LogP contribution in [0.25, 0.3) is 89.6 Å². The molecule has 0 saturated heterocycles. The number of pyridine rings is 1. The van der Waals surface area contributed by atoms with Crippen molar-refractivity contribution in [3.05, 3.63) is 169 Å². The summed E-state index contributed by atoms with van der Waals surface area (Å²) in [7, 11) is 0. The number of hydrogen-bond acceptors (Lipinski definition) is 5. The number of benzene rings is 6. The number of rotatable bonds is 5. The Hall–Kier alpha value is -6.72. The van der Waals surface area contributed by atoms with E-state index in [1.54, 1.807) is 0 Å². The van der Waals surface area contributed by atoms with Crippen LogP contribution in [0.3, 0.4) is 0 Å². The highest BCUT2D eigenvalue weighted by Gasteiger charge is 2.39. The maximum absolute atomic E-state index is 6.61. The maximum atomic E-state index is 6.61. The summed E-state index contributed by atoms with van der Waals surface area (Å²) in [5.41, 5.74) is 13.2. The van der Waals surface area contributed by atoms with Gasteiger partial charge in [0.25, 0.3) is 0 Å². The second-order valence-corrected chi connectivity index (χ2v) is 13.8. The molecule has 10 rings (SSSR count). The molecule has 0 bridgehead atoms. The lowest BCUT2D eigenvalue weighted by molar-refractivity contribution is 0.634. The van der Waals surface area contributed by atoms with Crippen molar-refractivity contribution in [3.63, 3.8) is 0 Å². The van der Waals surface area contributed by atoms with Gasteiger partial charge in [-0.05, 0) is 28.3 Å². The van der Waals surface area contributed by atoms with Crippen molar-refractivity contribution in [2.24, 2.45) is 0 Å². The molecule has 0 saturated carbocycles. The van der Waals surface area contributed by atoms with Gasteiger partial charge in [-0.2, -0.15) is 0 Å². The molecule has 6 aromatic carbocycles. The SMILES string of the molecule is CC1(C)c2ccccc2-c2c1nc(-c1ccc(-c3ccc(-c4nc(-c5ccccc5)nc(-c5ccccc5)n4)cc3)cc1)c1oc3ccccc3c21. The molecule has 0 radical (unpaired) electrons. The predicted octanol–water partition coefficient (Wildman–Crippen LogP) is 11.8. The highest BCUT2D eigenvalue weighted by molar-refractivity contribution is 6.17. The molecule has 5 heteroatoms. The van der Waals surface area contributed by atoms with E-state index in [0.717, 1.165) is 66.7 Å². The monoisotopic (exact) mass is 668 g/mol. The number of nitrogens with zero attached hydrogens (tertiary/aromatic N) is 4. The smallest absolute Gasteiger partial charge is 0.164 e. The van der Waals surface area contributed by atoms with Crippen LogP contribution < -0.4 is 0 Å². The van der Waals surface area contributed by atoms with Gasteiger partial charge in [0.2, 0.25) is 0 Å². The first-order chi connectivity index (χ1) is 25.5. The lowest BCUT2D eigenvalue weighted by Crippen LogP contribution is -2.17. The van der Waals surface area contributed by atoms with Crippen LogP contribution in [-0.4, -0.2) is 19.9 Å². The van der Waals surface area contributed by atoms with Crippen LogP contribution in [-0.2, 0) is 5.41 Å². The van der Waals surface area contributed by atoms with Crippen LogP contribution in [0.4, 0.5) is 0 Å². The van der Waals surface area contributed by atoms with E-state index in [4.69, 9.17) is 24.4 Å². The second-order valence-electron chi connectivity index (χ2n) is 13.8. The molecule has 3 heterocycles. The molecule has 1 aliphatic carbocycles. The van der Waals surface area contributed by atoms with E-state index < -0.39 is 0 Å². The van der Waals surface area contributed by atoms with Crippen LogP contribution in [0.15, 0.2) is 162 Å². The number of aromatic nitrogens is 4. The summed E-state index contributed by atoms with van der Waals surface area (Å²) in [6.07, 6.45) is 0. The summed E-state index contributed by atoms with van der Waals surface area (Å²) in [5.74, 6) is 1.93. The van der Waals surface area contributed by atoms with E-state index in [0.29, 0.717) is 17.5 Å². The fraction of sp³-hybridized carbons (Fsp3) is 0.0638. The molecule has 0 fully saturated rings. The zero-order chi connectivity index (χ0) is 34.8. The first kappa shape index (κ1) is 30.1. The Kier molecular flexibility index (Phi) is 6.77. The highest BCUT2D eigenvalue weighted by Crippen LogP contribution is 2.53. The van der Waals surface area contributed by atoms with Crippen molar-refractivity contribution >= 4 is 21.9 Å². The third-order valence-corrected chi connectivity index (χ3v) is 10.3. The van der Waals surface area contributed by atoms with Gasteiger partial charge < -0.3 is 4.42 Å². The minimum absolute atomic E-state index is 0.239. The summed E-state index contributed by atoms with van der Waals surface area (Å²) in [6.45, 7) is 4.55. The Balaban J connectivity index is 1.03. The Morgan fingerprint density at radius 1 is 0.442 bits per heavy atom. The van der Waals surface area contributed by atoms with Crippen molar-refractivity contribution in [1.82, 2.24) is 19.9 Å². The second kappa shape index (κ2) is 11.7. The van der Waals surface area contributed by atoms with Gasteiger partial charge >= 0.3 is 0 Å². The van der Waals surface area contributed by atoms with Crippen molar-refractivity contribution in [2.75, 3.05) is 0 Å². The third kappa shape index (κ3) is 4.78. The van der Waals surface area contributed by atoms with Crippen molar-refractivity contribution < 1.29 is 4.42 Å². The maximum Gasteiger partial charge on any atom is 0.164 e. The van der Waals surface area contributed by atoms with Gasteiger partial charge in [0.15, 0.2) is 23.1 Å². The standard InChI is InChI=1S/C47H32N4O/c1-47(2)37-19-11-9-17-35(37)40-39-36-18-10-12-20-38(36)52-42(39)41(48-43(40)47)31-25-21-29(22-26-31)30-23-27-34(28-24-30)46-50-44(32-13-5-3-6-14-32)49-45(51-46)33-15-7-4-8-16-33/h3-28H,1-2H3. The van der Waals surface area contributed by atoms with Gasteiger partial charge in [-0.1, -0.05) is 166 Å². The molecular weight excluding hydrogens is 637 g/mol. The summed E-state index contributed by atoms with van der Waals surface area (Å²) in [6, 6.07) is 54.2. The Morgan fingerprint density at radius 3 is 1.54 bits per heavy atom. The number of fused-ring (bicyclic) bond motifs is 7. The lowest BCUT2D eigenvalue weighted by atomic mass is 9.85. The van der Waals surface area contributed by atoms with Crippen LogP contribution >= 0.6 is 0 Å². The third-order valence-electron chi connectivity index (χ3n) is 10.3. The fourth-order valence-corrected chi connectivity index (χ4v) is 7.65. The molecule has 246 valence electrons. The zero-order valence-corrected chi connectivity index (χ0v) is 28.7. The average molecular weight is 669 g/mol. The van der Waals surface area contributed by atoms with Gasteiger partial charge in [0, 0.05) is 44.0 Å². The molecule has 3 aromatic heterocycles. The van der Waals surface area contributed by atoms with Crippen LogP contribution in [0.5, 0.6) is 0 Å². The number of para-hydroxylation sites is 1. The zero-order valence-electron chi connectivity index (χ0n) is 28.7. The Morgan fingerprint density at radius 2 is 0.923 bits per heavy atom. The number of hydrogen-bond donors (Lipinski definition) is 0. The van der Waals surface area contributed by atoms with Gasteiger partial charge in [0.1, 0.15) is 11.3 Å². The Labute approximate surface area is 301 Å². The summed E-state index contributed by atoms with van der Waals surface area (Å²) in [4.78, 5) is 20.0. The first-order valence-electron chi connectivity index (χ1n) is 17.6. The molecule has 0 unspecified atom stereocenters. The molecule has 0 aliphatic heterocycles. The lowest BCUT2D eigenvalue weighted by Gasteiger charge is -2.21. The van der Waals surface area contributed by atoms with E-state index in [9.17, 15) is 0 Å². The molecule has 0 N–H and O–H groups in total. The van der Waals surface area contributed by atoms with Crippen LogP contribution in [0, 0.1) is 0 Å². The van der Waals surface area contributed by atoms with Crippen molar-refractivity contribution in [2.45, 2.75) is 19.3 Å². The van der Waals surface area contributed by atoms with Gasteiger partial charge in [-0.15, -0.1) is 0 Å². The van der Waals surface area contributed by atoms with E-state index in [-0.39, 0.29) is 5.41 Å². The molecule has 0 spiro atoms. The van der Waals surface area contributed by atoms with Gasteiger partial charge in [0.05, 0.1) is 5.69 Å². The van der Waals surface area contributed by atoms with Crippen molar-refractivity contribution in [1.29, 1.82) is 0 Å². The largest absolute Gasteiger partial charge is 0.454 e. The highest BCUT2D eigenvalue weighted by atomic mass is 16.3. The van der Waals surface area contributed by atoms with E-state index in [1.165, 1.54) is 16.7 Å². The van der Waals surface area contributed by atoms with Crippen molar-refractivity contribution in [3.8, 4) is 67.7 Å². The molecule has 1 aliphatic rings. The number of furan rings is 1. The van der Waals surface area contributed by atoms with Crippen LogP contribution in [0.1, 0.15) is 25.1 Å². The fourth-order valence-electron chi connectivity index (χ4n) is 7.65. The normalized spacial score (nSPS) is 13.0. The Bertz CT molecular complexity index is 2730. The molecule has 52 heavy (non-hydrogen) atoms. The van der Waals surface area contributed by atoms with E-state index in [1.807, 2.05) is 72.8 Å². The summed E-state index contributed by atoms with van der Waals surface area (Å²) in [5, 5.41) is 2.25. The van der Waals surface area contributed by atoms with E-state index >= 15 is 0 Å². The summed E-state index contributed by atoms with van der Waals surface area (Å²) < 4.78 is 6.61. The average Bonchev–Trinajstić information content (AvgIpc) is 3.70. The predicted molar refractivity (Wildman–Crippen MR) is 210 cm³/mol.